The lowest BCUT2D eigenvalue weighted by Gasteiger charge is -2.14. The molecule has 0 fully saturated rings. The number of nitrogens with two attached hydrogens (primary N) is 1. The first-order chi connectivity index (χ1) is 11.5. The molecule has 5 nitrogen and oxygen atoms in total. The smallest absolute Gasteiger partial charge is 0.255 e. The van der Waals surface area contributed by atoms with E-state index in [1.165, 1.54) is 6.26 Å². The van der Waals surface area contributed by atoms with Crippen molar-refractivity contribution in [2.45, 2.75) is 39.8 Å². The first-order valence-electron chi connectivity index (χ1n) is 8.30. The Labute approximate surface area is 155 Å². The molecule has 1 unspecified atom stereocenters. The third-order valence-corrected chi connectivity index (χ3v) is 3.81. The Hall–Kier alpha value is -1.98. The molecule has 0 aliphatic rings. The number of halogens is 1. The largest absolute Gasteiger partial charge is 0.494 e. The van der Waals surface area contributed by atoms with Gasteiger partial charge in [-0.2, -0.15) is 0 Å². The summed E-state index contributed by atoms with van der Waals surface area (Å²) in [6.07, 6.45) is 2.46. The van der Waals surface area contributed by atoms with Crippen molar-refractivity contribution in [3.63, 3.8) is 0 Å². The van der Waals surface area contributed by atoms with E-state index in [-0.39, 0.29) is 30.9 Å². The van der Waals surface area contributed by atoms with Crippen LogP contribution in [0.25, 0.3) is 0 Å². The summed E-state index contributed by atoms with van der Waals surface area (Å²) in [6, 6.07) is 9.35. The number of furan rings is 1. The third-order valence-electron chi connectivity index (χ3n) is 3.81. The van der Waals surface area contributed by atoms with Gasteiger partial charge in [0.25, 0.3) is 5.91 Å². The van der Waals surface area contributed by atoms with Gasteiger partial charge in [-0.15, -0.1) is 12.4 Å². The molecule has 0 bridgehead atoms. The Morgan fingerprint density at radius 2 is 1.92 bits per heavy atom. The van der Waals surface area contributed by atoms with Crippen molar-refractivity contribution in [2.24, 2.45) is 11.7 Å². The molecule has 1 heterocycles. The van der Waals surface area contributed by atoms with Crippen molar-refractivity contribution < 1.29 is 13.9 Å². The minimum absolute atomic E-state index is 0. The zero-order valence-corrected chi connectivity index (χ0v) is 15.8. The van der Waals surface area contributed by atoms with Gasteiger partial charge < -0.3 is 20.2 Å². The summed E-state index contributed by atoms with van der Waals surface area (Å²) in [5, 5.41) is 2.95. The number of benzene rings is 1. The van der Waals surface area contributed by atoms with Crippen LogP contribution in [0.4, 0.5) is 0 Å². The highest BCUT2D eigenvalue weighted by atomic mass is 35.5. The van der Waals surface area contributed by atoms with Gasteiger partial charge in [-0.1, -0.05) is 26.0 Å². The molecule has 0 saturated heterocycles. The average molecular weight is 367 g/mol. The Balaban J connectivity index is 0.00000312. The molecule has 0 radical (unpaired) electrons. The van der Waals surface area contributed by atoms with Crippen LogP contribution in [0.1, 0.15) is 54.9 Å². The number of hydrogen-bond donors (Lipinski definition) is 2. The first kappa shape index (κ1) is 21.1. The summed E-state index contributed by atoms with van der Waals surface area (Å²) in [4.78, 5) is 12.2. The van der Waals surface area contributed by atoms with Crippen LogP contribution in [0.5, 0.6) is 5.75 Å². The maximum Gasteiger partial charge on any atom is 0.255 e. The zero-order chi connectivity index (χ0) is 17.5. The van der Waals surface area contributed by atoms with Crippen molar-refractivity contribution >= 4 is 18.3 Å². The summed E-state index contributed by atoms with van der Waals surface area (Å²) in [6.45, 7) is 7.28. The van der Waals surface area contributed by atoms with Crippen LogP contribution in [0.2, 0.25) is 0 Å². The van der Waals surface area contributed by atoms with Crippen LogP contribution in [0.3, 0.4) is 0 Å². The van der Waals surface area contributed by atoms with Gasteiger partial charge >= 0.3 is 0 Å². The lowest BCUT2D eigenvalue weighted by Crippen LogP contribution is -2.26. The first-order valence-corrected chi connectivity index (χ1v) is 8.30. The molecule has 6 heteroatoms. The number of nitrogens with one attached hydrogen (secondary N) is 1. The van der Waals surface area contributed by atoms with E-state index in [9.17, 15) is 4.79 Å². The summed E-state index contributed by atoms with van der Waals surface area (Å²) in [5.41, 5.74) is 6.98. The fourth-order valence-electron chi connectivity index (χ4n) is 2.24. The van der Waals surface area contributed by atoms with Gasteiger partial charge in [-0.3, -0.25) is 4.79 Å². The lowest BCUT2D eigenvalue weighted by molar-refractivity contribution is 0.0939. The van der Waals surface area contributed by atoms with Crippen molar-refractivity contribution in [1.82, 2.24) is 5.32 Å². The Bertz CT molecular complexity index is 653. The van der Waals surface area contributed by atoms with Gasteiger partial charge in [-0.25, -0.2) is 0 Å². The van der Waals surface area contributed by atoms with E-state index < -0.39 is 0 Å². The van der Waals surface area contributed by atoms with Crippen LogP contribution >= 0.6 is 12.4 Å². The number of hydrogen-bond acceptors (Lipinski definition) is 4. The van der Waals surface area contributed by atoms with E-state index in [2.05, 4.69) is 19.2 Å². The normalized spacial score (nSPS) is 11.7. The molecule has 25 heavy (non-hydrogen) atoms. The van der Waals surface area contributed by atoms with Gasteiger partial charge in [0.05, 0.1) is 24.8 Å². The van der Waals surface area contributed by atoms with Gasteiger partial charge in [0.1, 0.15) is 17.8 Å². The second-order valence-electron chi connectivity index (χ2n) is 6.30. The van der Waals surface area contributed by atoms with Gasteiger partial charge in [0.15, 0.2) is 0 Å². The fraction of sp³-hybridized carbons (Fsp3) is 0.421. The third kappa shape index (κ3) is 6.44. The van der Waals surface area contributed by atoms with Crippen molar-refractivity contribution in [3.8, 4) is 5.75 Å². The lowest BCUT2D eigenvalue weighted by atomic mass is 10.1. The Kier molecular flexibility index (Phi) is 8.52. The maximum absolute atomic E-state index is 12.2. The zero-order valence-electron chi connectivity index (χ0n) is 15.0. The summed E-state index contributed by atoms with van der Waals surface area (Å²) in [5.74, 6) is 1.89. The van der Waals surface area contributed by atoms with Gasteiger partial charge in [0.2, 0.25) is 0 Å². The second kappa shape index (κ2) is 10.1. The van der Waals surface area contributed by atoms with E-state index in [0.717, 1.165) is 17.7 Å². The summed E-state index contributed by atoms with van der Waals surface area (Å²) < 4.78 is 10.9. The van der Waals surface area contributed by atoms with Crippen molar-refractivity contribution in [1.29, 1.82) is 0 Å². The predicted octanol–water partition coefficient (Wildman–Crippen LogP) is 4.08. The van der Waals surface area contributed by atoms with E-state index >= 15 is 0 Å². The van der Waals surface area contributed by atoms with E-state index in [4.69, 9.17) is 14.9 Å². The molecule has 1 atom stereocenters. The maximum atomic E-state index is 12.2. The number of ether oxygens (including phenoxy) is 1. The molecule has 1 amide bonds. The van der Waals surface area contributed by atoms with Crippen LogP contribution in [0, 0.1) is 5.92 Å². The second-order valence-corrected chi connectivity index (χ2v) is 6.30. The molecule has 138 valence electrons. The van der Waals surface area contributed by atoms with Crippen LogP contribution in [-0.4, -0.2) is 12.5 Å². The highest BCUT2D eigenvalue weighted by molar-refractivity contribution is 5.94. The van der Waals surface area contributed by atoms with E-state index in [1.54, 1.807) is 6.07 Å². The topological polar surface area (TPSA) is 77.5 Å². The standard InChI is InChI=1S/C19H26N2O3.ClH/c1-13(2)8-9-23-17-6-4-15(5-7-17)14(3)21-19(22)16-10-18(11-20)24-12-16;/h4-7,10,12-14H,8-9,11,20H2,1-3H3,(H,21,22);1H. The molecular formula is C19H27ClN2O3. The van der Waals surface area contributed by atoms with E-state index in [1.807, 2.05) is 31.2 Å². The average Bonchev–Trinajstić information content (AvgIpc) is 3.04. The summed E-state index contributed by atoms with van der Waals surface area (Å²) in [7, 11) is 0. The predicted molar refractivity (Wildman–Crippen MR) is 101 cm³/mol. The quantitative estimate of drug-likeness (QED) is 0.738. The minimum Gasteiger partial charge on any atom is -0.494 e. The molecular weight excluding hydrogens is 340 g/mol. The van der Waals surface area contributed by atoms with E-state index in [0.29, 0.717) is 23.8 Å². The highest BCUT2D eigenvalue weighted by Gasteiger charge is 2.14. The summed E-state index contributed by atoms with van der Waals surface area (Å²) >= 11 is 0. The number of carbonyl (C=O) groups is 1. The molecule has 2 aromatic rings. The molecule has 0 aliphatic carbocycles. The number of carbonyl (C=O) groups excluding carboxylic acids is 1. The van der Waals surface area contributed by atoms with Crippen LogP contribution in [-0.2, 0) is 6.54 Å². The molecule has 0 spiro atoms. The fourth-order valence-corrected chi connectivity index (χ4v) is 2.24. The molecule has 1 aromatic carbocycles. The molecule has 3 N–H and O–H groups in total. The van der Waals surface area contributed by atoms with Crippen molar-refractivity contribution in [2.75, 3.05) is 6.61 Å². The van der Waals surface area contributed by atoms with Crippen molar-refractivity contribution in [3.05, 3.63) is 53.5 Å². The molecule has 0 aliphatic heterocycles. The molecule has 0 saturated carbocycles. The highest BCUT2D eigenvalue weighted by Crippen LogP contribution is 2.19. The Morgan fingerprint density at radius 1 is 1.24 bits per heavy atom. The minimum atomic E-state index is -0.178. The van der Waals surface area contributed by atoms with Crippen LogP contribution < -0.4 is 15.8 Å². The van der Waals surface area contributed by atoms with Gasteiger partial charge in [-0.05, 0) is 43.0 Å². The monoisotopic (exact) mass is 366 g/mol. The number of amides is 1. The Morgan fingerprint density at radius 3 is 2.48 bits per heavy atom. The molecule has 2 rings (SSSR count). The molecule has 1 aromatic heterocycles. The van der Waals surface area contributed by atoms with Gasteiger partial charge in [0, 0.05) is 0 Å². The number of rotatable bonds is 8. The SMILES string of the molecule is CC(C)CCOc1ccc(C(C)NC(=O)c2coc(CN)c2)cc1.Cl. The van der Waals surface area contributed by atoms with Crippen LogP contribution in [0.15, 0.2) is 41.0 Å².